The molecule has 0 aromatic carbocycles. The van der Waals surface area contributed by atoms with Gasteiger partial charge in [-0.25, -0.2) is 18.5 Å². The van der Waals surface area contributed by atoms with Gasteiger partial charge < -0.3 is 14.2 Å². The van der Waals surface area contributed by atoms with Crippen LogP contribution in [0.4, 0.5) is 8.78 Å². The standard InChI is InChI=1S/C22H36F2N2O5/c1-5-29-18(27)16-9-8-10-17(13-16)30-22(25-11-6-7-12-25,19(28)31-20(2,3)4)26-14-21(23,24)15-26/h16-17H,5-15H2,1-4H3/t16-,17-,22?/m1/s1. The first kappa shape index (κ1) is 24.3. The molecule has 2 heterocycles. The minimum Gasteiger partial charge on any atom is -0.466 e. The SMILES string of the molecule is CCOC(=O)[C@@H]1CCC[C@@H](OC(C(=O)OC(C)(C)C)(N2CCCC2)N2CC(F)(F)C2)C1. The smallest absolute Gasteiger partial charge is 0.371 e. The molecule has 0 aromatic rings. The molecule has 1 aliphatic carbocycles. The number of likely N-dealkylation sites (tertiary alicyclic amines) is 2. The normalized spacial score (nSPS) is 29.1. The van der Waals surface area contributed by atoms with Crippen molar-refractivity contribution >= 4 is 11.9 Å². The molecule has 1 saturated carbocycles. The lowest BCUT2D eigenvalue weighted by atomic mass is 9.87. The number of alkyl halides is 2. The van der Waals surface area contributed by atoms with E-state index in [-0.39, 0.29) is 11.9 Å². The Morgan fingerprint density at radius 1 is 1.03 bits per heavy atom. The zero-order chi connectivity index (χ0) is 22.9. The minimum absolute atomic E-state index is 0.268. The van der Waals surface area contributed by atoms with Gasteiger partial charge in [0.05, 0.1) is 31.7 Å². The van der Waals surface area contributed by atoms with Gasteiger partial charge in [0.2, 0.25) is 0 Å². The van der Waals surface area contributed by atoms with Gasteiger partial charge in [-0.1, -0.05) is 6.42 Å². The first-order chi connectivity index (χ1) is 14.5. The predicted octanol–water partition coefficient (Wildman–Crippen LogP) is 3.17. The largest absolute Gasteiger partial charge is 0.466 e. The van der Waals surface area contributed by atoms with E-state index in [9.17, 15) is 18.4 Å². The van der Waals surface area contributed by atoms with Crippen LogP contribution >= 0.6 is 0 Å². The first-order valence-corrected chi connectivity index (χ1v) is 11.4. The van der Waals surface area contributed by atoms with Crippen LogP contribution < -0.4 is 0 Å². The van der Waals surface area contributed by atoms with Crippen LogP contribution in [0.1, 0.15) is 66.2 Å². The minimum atomic E-state index is -2.86. The molecule has 0 amide bonds. The van der Waals surface area contributed by atoms with E-state index in [1.807, 2.05) is 4.90 Å². The highest BCUT2D eigenvalue weighted by atomic mass is 19.3. The third-order valence-electron chi connectivity index (χ3n) is 6.05. The highest BCUT2D eigenvalue weighted by molar-refractivity contribution is 5.79. The summed E-state index contributed by atoms with van der Waals surface area (Å²) >= 11 is 0. The van der Waals surface area contributed by atoms with Crippen molar-refractivity contribution in [3.63, 3.8) is 0 Å². The second kappa shape index (κ2) is 9.27. The van der Waals surface area contributed by atoms with Gasteiger partial charge in [-0.3, -0.25) is 9.69 Å². The fraction of sp³-hybridized carbons (Fsp3) is 0.909. The summed E-state index contributed by atoms with van der Waals surface area (Å²) < 4.78 is 45.2. The Labute approximate surface area is 183 Å². The monoisotopic (exact) mass is 446 g/mol. The summed E-state index contributed by atoms with van der Waals surface area (Å²) in [6, 6.07) is 0. The molecule has 31 heavy (non-hydrogen) atoms. The lowest BCUT2D eigenvalue weighted by Gasteiger charge is -2.54. The Morgan fingerprint density at radius 3 is 2.23 bits per heavy atom. The maximum absolute atomic E-state index is 13.9. The van der Waals surface area contributed by atoms with E-state index >= 15 is 0 Å². The molecule has 3 atom stereocenters. The van der Waals surface area contributed by atoms with Crippen LogP contribution in [0, 0.1) is 5.92 Å². The quantitative estimate of drug-likeness (QED) is 0.557. The zero-order valence-electron chi connectivity index (χ0n) is 19.1. The first-order valence-electron chi connectivity index (χ1n) is 11.4. The topological polar surface area (TPSA) is 68.3 Å². The van der Waals surface area contributed by atoms with Gasteiger partial charge in [0, 0.05) is 13.1 Å². The molecule has 3 fully saturated rings. The van der Waals surface area contributed by atoms with E-state index in [1.54, 1.807) is 27.7 Å². The molecule has 9 heteroatoms. The molecule has 3 rings (SSSR count). The van der Waals surface area contributed by atoms with Gasteiger partial charge in [0.1, 0.15) is 5.60 Å². The lowest BCUT2D eigenvalue weighted by Crippen LogP contribution is -2.76. The summed E-state index contributed by atoms with van der Waals surface area (Å²) in [7, 11) is 0. The van der Waals surface area contributed by atoms with E-state index in [0.717, 1.165) is 19.3 Å². The van der Waals surface area contributed by atoms with Crippen LogP contribution in [-0.4, -0.2) is 78.0 Å². The second-order valence-electron chi connectivity index (χ2n) is 9.87. The molecule has 0 radical (unpaired) electrons. The van der Waals surface area contributed by atoms with Crippen LogP contribution in [0.3, 0.4) is 0 Å². The summed E-state index contributed by atoms with van der Waals surface area (Å²) in [6.07, 6.45) is 3.78. The molecule has 7 nitrogen and oxygen atoms in total. The number of halogens is 2. The Morgan fingerprint density at radius 2 is 1.68 bits per heavy atom. The number of esters is 2. The van der Waals surface area contributed by atoms with E-state index in [2.05, 4.69) is 0 Å². The fourth-order valence-corrected chi connectivity index (χ4v) is 4.71. The summed E-state index contributed by atoms with van der Waals surface area (Å²) in [5, 5.41) is 0. The molecule has 0 bridgehead atoms. The van der Waals surface area contributed by atoms with E-state index in [1.165, 1.54) is 4.90 Å². The molecule has 178 valence electrons. The van der Waals surface area contributed by atoms with Crippen LogP contribution in [-0.2, 0) is 23.8 Å². The van der Waals surface area contributed by atoms with E-state index in [0.29, 0.717) is 39.0 Å². The molecular weight excluding hydrogens is 410 g/mol. The number of hydrogen-bond acceptors (Lipinski definition) is 7. The molecule has 0 spiro atoms. The third kappa shape index (κ3) is 5.54. The summed E-state index contributed by atoms with van der Waals surface area (Å²) in [6.45, 7) is 7.34. The predicted molar refractivity (Wildman–Crippen MR) is 109 cm³/mol. The molecule has 1 unspecified atom stereocenters. The van der Waals surface area contributed by atoms with Crippen molar-refractivity contribution < 1.29 is 32.6 Å². The van der Waals surface area contributed by atoms with Crippen LogP contribution in [0.2, 0.25) is 0 Å². The van der Waals surface area contributed by atoms with Crippen molar-refractivity contribution in [2.45, 2.75) is 89.7 Å². The highest BCUT2D eigenvalue weighted by Gasteiger charge is 2.63. The zero-order valence-corrected chi connectivity index (χ0v) is 19.1. The van der Waals surface area contributed by atoms with Crippen LogP contribution in [0.15, 0.2) is 0 Å². The molecule has 0 aromatic heterocycles. The average Bonchev–Trinajstić information content (AvgIpc) is 3.18. The van der Waals surface area contributed by atoms with Gasteiger partial charge in [-0.15, -0.1) is 0 Å². The molecule has 2 saturated heterocycles. The molecule has 0 N–H and O–H groups in total. The maximum atomic E-state index is 13.9. The van der Waals surface area contributed by atoms with Gasteiger partial charge in [0.25, 0.3) is 11.8 Å². The van der Waals surface area contributed by atoms with Crippen molar-refractivity contribution in [3.05, 3.63) is 0 Å². The third-order valence-corrected chi connectivity index (χ3v) is 6.05. The Hall–Kier alpha value is -1.32. The fourth-order valence-electron chi connectivity index (χ4n) is 4.71. The van der Waals surface area contributed by atoms with Crippen molar-refractivity contribution in [1.82, 2.24) is 9.80 Å². The number of rotatable bonds is 7. The Kier molecular flexibility index (Phi) is 7.28. The second-order valence-corrected chi connectivity index (χ2v) is 9.87. The number of carbonyl (C=O) groups is 2. The Balaban J connectivity index is 1.88. The van der Waals surface area contributed by atoms with Gasteiger partial charge >= 0.3 is 11.9 Å². The van der Waals surface area contributed by atoms with E-state index < -0.39 is 42.5 Å². The number of nitrogens with zero attached hydrogens (tertiary/aromatic N) is 2. The van der Waals surface area contributed by atoms with Crippen LogP contribution in [0.25, 0.3) is 0 Å². The maximum Gasteiger partial charge on any atom is 0.371 e. The summed E-state index contributed by atoms with van der Waals surface area (Å²) in [5.74, 6) is -5.80. The average molecular weight is 447 g/mol. The number of carbonyl (C=O) groups excluding carboxylic acids is 2. The molecule has 2 aliphatic heterocycles. The highest BCUT2D eigenvalue weighted by Crippen LogP contribution is 2.41. The summed E-state index contributed by atoms with van der Waals surface area (Å²) in [4.78, 5) is 29.1. The van der Waals surface area contributed by atoms with Gasteiger partial charge in [-0.05, 0) is 59.8 Å². The van der Waals surface area contributed by atoms with Crippen molar-refractivity contribution in [2.24, 2.45) is 5.92 Å². The molecule has 3 aliphatic rings. The lowest BCUT2D eigenvalue weighted by molar-refractivity contribution is -0.318. The van der Waals surface area contributed by atoms with Crippen molar-refractivity contribution in [2.75, 3.05) is 32.8 Å². The Bertz CT molecular complexity index is 655. The van der Waals surface area contributed by atoms with Crippen molar-refractivity contribution in [3.8, 4) is 0 Å². The summed E-state index contributed by atoms with van der Waals surface area (Å²) in [5.41, 5.74) is -0.793. The number of hydrogen-bond donors (Lipinski definition) is 0. The van der Waals surface area contributed by atoms with Crippen molar-refractivity contribution in [1.29, 1.82) is 0 Å². The van der Waals surface area contributed by atoms with Crippen LogP contribution in [0.5, 0.6) is 0 Å². The number of ether oxygens (including phenoxy) is 3. The van der Waals surface area contributed by atoms with Gasteiger partial charge in [0.15, 0.2) is 0 Å². The molecular formula is C22H36F2N2O5. The van der Waals surface area contributed by atoms with E-state index in [4.69, 9.17) is 14.2 Å². The van der Waals surface area contributed by atoms with Gasteiger partial charge in [-0.2, -0.15) is 0 Å².